The van der Waals surface area contributed by atoms with Crippen LogP contribution in [0.2, 0.25) is 0 Å². The van der Waals surface area contributed by atoms with Crippen molar-refractivity contribution in [2.45, 2.75) is 6.04 Å². The minimum Gasteiger partial charge on any atom is -0.307 e. The number of hydrogen-bond donors (Lipinski definition) is 1. The molecule has 1 saturated heterocycles. The zero-order valence-corrected chi connectivity index (χ0v) is 8.48. The van der Waals surface area contributed by atoms with Crippen molar-refractivity contribution in [3.05, 3.63) is 60.2 Å². The van der Waals surface area contributed by atoms with E-state index in [0.717, 1.165) is 6.54 Å². The molecule has 1 atom stereocenters. The minimum absolute atomic E-state index is 0.606. The van der Waals surface area contributed by atoms with E-state index in [-0.39, 0.29) is 0 Å². The average Bonchev–Trinajstić information content (AvgIpc) is 3.15. The van der Waals surface area contributed by atoms with E-state index in [2.05, 4.69) is 53.8 Å². The molecule has 1 aliphatic rings. The van der Waals surface area contributed by atoms with Gasteiger partial charge in [0.05, 0.1) is 0 Å². The zero-order chi connectivity index (χ0) is 10.1. The van der Waals surface area contributed by atoms with Crippen molar-refractivity contribution in [1.82, 2.24) is 5.32 Å². The molecule has 1 nitrogen and oxygen atoms in total. The summed E-state index contributed by atoms with van der Waals surface area (Å²) < 4.78 is 0. The number of nitrogens with one attached hydrogen (secondary N) is 1. The highest BCUT2D eigenvalue weighted by Gasteiger charge is 2.21. The van der Waals surface area contributed by atoms with Crippen LogP contribution in [0.4, 0.5) is 0 Å². The van der Waals surface area contributed by atoms with Gasteiger partial charge in [0, 0.05) is 12.6 Å². The normalized spacial score (nSPS) is 18.8. The Morgan fingerprint density at radius 3 is 2.00 bits per heavy atom. The van der Waals surface area contributed by atoms with Gasteiger partial charge in [-0.1, -0.05) is 54.6 Å². The second-order valence-corrected chi connectivity index (χ2v) is 3.95. The van der Waals surface area contributed by atoms with Crippen molar-refractivity contribution in [2.75, 3.05) is 6.54 Å². The fourth-order valence-corrected chi connectivity index (χ4v) is 1.83. The molecule has 74 valence electrons. The summed E-state index contributed by atoms with van der Waals surface area (Å²) in [5.41, 5.74) is 3.97. The largest absolute Gasteiger partial charge is 0.307 e. The SMILES string of the molecule is c1ccc(-c2ccc([C@H]3CN3)cc2)cc1. The van der Waals surface area contributed by atoms with Gasteiger partial charge in [-0.05, 0) is 16.7 Å². The van der Waals surface area contributed by atoms with Crippen LogP contribution in [0.1, 0.15) is 11.6 Å². The van der Waals surface area contributed by atoms with Crippen LogP contribution in [-0.4, -0.2) is 6.54 Å². The number of rotatable bonds is 2. The molecule has 2 aromatic carbocycles. The van der Waals surface area contributed by atoms with E-state index in [9.17, 15) is 0 Å². The molecule has 0 saturated carbocycles. The molecule has 1 heteroatoms. The van der Waals surface area contributed by atoms with Crippen molar-refractivity contribution in [3.8, 4) is 11.1 Å². The first kappa shape index (κ1) is 8.69. The first-order chi connectivity index (χ1) is 7.43. The lowest BCUT2D eigenvalue weighted by Gasteiger charge is -2.02. The first-order valence-electron chi connectivity index (χ1n) is 5.32. The Morgan fingerprint density at radius 2 is 1.40 bits per heavy atom. The second kappa shape index (κ2) is 3.52. The second-order valence-electron chi connectivity index (χ2n) is 3.95. The summed E-state index contributed by atoms with van der Waals surface area (Å²) >= 11 is 0. The maximum Gasteiger partial charge on any atom is 0.0447 e. The third-order valence-electron chi connectivity index (χ3n) is 2.83. The predicted octanol–water partition coefficient (Wildman–Crippen LogP) is 3.00. The summed E-state index contributed by atoms with van der Waals surface area (Å²) in [6, 6.07) is 19.9. The van der Waals surface area contributed by atoms with Crippen LogP contribution in [0.5, 0.6) is 0 Å². The smallest absolute Gasteiger partial charge is 0.0447 e. The van der Waals surface area contributed by atoms with Crippen LogP contribution in [-0.2, 0) is 0 Å². The standard InChI is InChI=1S/C14H13N/c1-2-4-11(5-3-1)12-6-8-13(9-7-12)14-10-15-14/h1-9,14-15H,10H2/t14-/m1/s1. The lowest BCUT2D eigenvalue weighted by Crippen LogP contribution is -1.84. The van der Waals surface area contributed by atoms with Gasteiger partial charge in [0.15, 0.2) is 0 Å². The van der Waals surface area contributed by atoms with Crippen LogP contribution in [0.15, 0.2) is 54.6 Å². The molecule has 1 fully saturated rings. The van der Waals surface area contributed by atoms with Gasteiger partial charge in [0.2, 0.25) is 0 Å². The van der Waals surface area contributed by atoms with E-state index in [0.29, 0.717) is 6.04 Å². The molecular formula is C14H13N. The van der Waals surface area contributed by atoms with Crippen LogP contribution in [0.3, 0.4) is 0 Å². The molecule has 0 spiro atoms. The Bertz CT molecular complexity index is 441. The summed E-state index contributed by atoms with van der Waals surface area (Å²) in [7, 11) is 0. The van der Waals surface area contributed by atoms with Crippen LogP contribution >= 0.6 is 0 Å². The van der Waals surface area contributed by atoms with Gasteiger partial charge in [0.1, 0.15) is 0 Å². The van der Waals surface area contributed by atoms with Gasteiger partial charge >= 0.3 is 0 Å². The first-order valence-corrected chi connectivity index (χ1v) is 5.32. The molecule has 15 heavy (non-hydrogen) atoms. The molecular weight excluding hydrogens is 182 g/mol. The number of benzene rings is 2. The molecule has 0 radical (unpaired) electrons. The van der Waals surface area contributed by atoms with E-state index in [1.54, 1.807) is 0 Å². The molecule has 0 aliphatic carbocycles. The minimum atomic E-state index is 0.606. The van der Waals surface area contributed by atoms with Gasteiger partial charge < -0.3 is 5.32 Å². The van der Waals surface area contributed by atoms with Crippen LogP contribution in [0, 0.1) is 0 Å². The highest BCUT2D eigenvalue weighted by molar-refractivity contribution is 5.63. The molecule has 0 unspecified atom stereocenters. The molecule has 0 aromatic heterocycles. The lowest BCUT2D eigenvalue weighted by atomic mass is 10.0. The maximum atomic E-state index is 3.31. The summed E-state index contributed by atoms with van der Waals surface area (Å²) in [4.78, 5) is 0. The molecule has 2 aromatic rings. The molecule has 1 aliphatic heterocycles. The van der Waals surface area contributed by atoms with Crippen molar-refractivity contribution >= 4 is 0 Å². The van der Waals surface area contributed by atoms with Gasteiger partial charge in [-0.15, -0.1) is 0 Å². The van der Waals surface area contributed by atoms with E-state index in [1.165, 1.54) is 16.7 Å². The highest BCUT2D eigenvalue weighted by atomic mass is 15.1. The molecule has 3 rings (SSSR count). The van der Waals surface area contributed by atoms with Crippen molar-refractivity contribution in [3.63, 3.8) is 0 Å². The number of hydrogen-bond acceptors (Lipinski definition) is 1. The van der Waals surface area contributed by atoms with Crippen molar-refractivity contribution in [2.24, 2.45) is 0 Å². The Morgan fingerprint density at radius 1 is 0.800 bits per heavy atom. The summed E-state index contributed by atoms with van der Waals surface area (Å²) in [6.07, 6.45) is 0. The van der Waals surface area contributed by atoms with E-state index in [4.69, 9.17) is 0 Å². The summed E-state index contributed by atoms with van der Waals surface area (Å²) in [6.45, 7) is 1.13. The monoisotopic (exact) mass is 195 g/mol. The fourth-order valence-electron chi connectivity index (χ4n) is 1.83. The van der Waals surface area contributed by atoms with Crippen molar-refractivity contribution < 1.29 is 0 Å². The summed E-state index contributed by atoms with van der Waals surface area (Å²) in [5, 5.41) is 3.31. The quantitative estimate of drug-likeness (QED) is 0.731. The van der Waals surface area contributed by atoms with E-state index < -0.39 is 0 Å². The fraction of sp³-hybridized carbons (Fsp3) is 0.143. The van der Waals surface area contributed by atoms with Gasteiger partial charge in [0.25, 0.3) is 0 Å². The Kier molecular flexibility index (Phi) is 2.04. The van der Waals surface area contributed by atoms with Gasteiger partial charge in [-0.3, -0.25) is 0 Å². The summed E-state index contributed by atoms with van der Waals surface area (Å²) in [5.74, 6) is 0. The Labute approximate surface area is 89.8 Å². The van der Waals surface area contributed by atoms with Gasteiger partial charge in [-0.25, -0.2) is 0 Å². The highest BCUT2D eigenvalue weighted by Crippen LogP contribution is 2.25. The van der Waals surface area contributed by atoms with Gasteiger partial charge in [-0.2, -0.15) is 0 Å². The Balaban J connectivity index is 1.93. The zero-order valence-electron chi connectivity index (χ0n) is 8.48. The molecule has 1 N–H and O–H groups in total. The molecule has 1 heterocycles. The molecule has 0 bridgehead atoms. The molecule has 0 amide bonds. The predicted molar refractivity (Wildman–Crippen MR) is 62.6 cm³/mol. The van der Waals surface area contributed by atoms with Crippen molar-refractivity contribution in [1.29, 1.82) is 0 Å². The third-order valence-corrected chi connectivity index (χ3v) is 2.83. The van der Waals surface area contributed by atoms with Crippen LogP contribution < -0.4 is 5.32 Å². The van der Waals surface area contributed by atoms with E-state index >= 15 is 0 Å². The van der Waals surface area contributed by atoms with E-state index in [1.807, 2.05) is 6.07 Å². The average molecular weight is 195 g/mol. The third kappa shape index (κ3) is 1.79. The lowest BCUT2D eigenvalue weighted by molar-refractivity contribution is 1.08. The van der Waals surface area contributed by atoms with Crippen LogP contribution in [0.25, 0.3) is 11.1 Å². The maximum absolute atomic E-state index is 3.31. The topological polar surface area (TPSA) is 21.9 Å². The Hall–Kier alpha value is -1.60.